The third-order valence-corrected chi connectivity index (χ3v) is 4.49. The zero-order valence-corrected chi connectivity index (χ0v) is 13.6. The van der Waals surface area contributed by atoms with E-state index in [0.29, 0.717) is 0 Å². The fraction of sp³-hybridized carbons (Fsp3) is 0.143. The number of hydrogen-bond donors (Lipinski definition) is 2. The van der Waals surface area contributed by atoms with E-state index in [1.807, 2.05) is 32.0 Å². The number of aryl methyl sites for hydroxylation is 2. The standard InChI is InChI=1S/C14H14ClN3O3S/c1-9-4-3-5-10(2)18(9)17-14(19)11-6-7-12(15)13(8-11)22(16,20)21/h3-8H,1-2H3,(H2-,16,17,19,20,21)/p+1. The van der Waals surface area contributed by atoms with E-state index in [1.54, 1.807) is 4.68 Å². The van der Waals surface area contributed by atoms with Crippen molar-refractivity contribution in [3.63, 3.8) is 0 Å². The van der Waals surface area contributed by atoms with E-state index in [2.05, 4.69) is 5.43 Å². The van der Waals surface area contributed by atoms with Crippen LogP contribution in [-0.4, -0.2) is 14.3 Å². The van der Waals surface area contributed by atoms with Crippen LogP contribution < -0.4 is 15.2 Å². The monoisotopic (exact) mass is 340 g/mol. The molecule has 116 valence electrons. The number of benzene rings is 1. The number of nitrogens with one attached hydrogen (secondary N) is 1. The number of carbonyl (C=O) groups is 1. The van der Waals surface area contributed by atoms with Crippen molar-refractivity contribution in [1.29, 1.82) is 0 Å². The van der Waals surface area contributed by atoms with Gasteiger partial charge in [0.05, 0.1) is 5.02 Å². The molecule has 1 aromatic heterocycles. The summed E-state index contributed by atoms with van der Waals surface area (Å²) in [5.74, 6) is -0.469. The van der Waals surface area contributed by atoms with Crippen LogP contribution >= 0.6 is 11.6 Å². The van der Waals surface area contributed by atoms with E-state index >= 15 is 0 Å². The number of primary sulfonamides is 1. The van der Waals surface area contributed by atoms with Gasteiger partial charge in [-0.1, -0.05) is 16.3 Å². The van der Waals surface area contributed by atoms with Gasteiger partial charge in [-0.15, -0.1) is 5.43 Å². The fourth-order valence-electron chi connectivity index (χ4n) is 1.96. The first-order valence-corrected chi connectivity index (χ1v) is 8.24. The van der Waals surface area contributed by atoms with Crippen LogP contribution in [0, 0.1) is 13.8 Å². The summed E-state index contributed by atoms with van der Waals surface area (Å²) in [5.41, 5.74) is 4.49. The normalized spacial score (nSPS) is 11.3. The molecule has 0 aliphatic heterocycles. The molecule has 3 N–H and O–H groups in total. The first-order valence-electron chi connectivity index (χ1n) is 6.32. The molecule has 0 unspecified atom stereocenters. The summed E-state index contributed by atoms with van der Waals surface area (Å²) in [6.45, 7) is 3.68. The van der Waals surface area contributed by atoms with Gasteiger partial charge in [0.15, 0.2) is 0 Å². The van der Waals surface area contributed by atoms with Gasteiger partial charge in [0.1, 0.15) is 4.90 Å². The average molecular weight is 341 g/mol. The Morgan fingerprint density at radius 1 is 1.18 bits per heavy atom. The molecule has 0 bridgehead atoms. The number of aromatic nitrogens is 1. The van der Waals surface area contributed by atoms with Crippen LogP contribution in [0.5, 0.6) is 0 Å². The average Bonchev–Trinajstić information content (AvgIpc) is 2.42. The van der Waals surface area contributed by atoms with Crippen LogP contribution in [0.2, 0.25) is 5.02 Å². The van der Waals surface area contributed by atoms with Crippen LogP contribution in [0.4, 0.5) is 0 Å². The van der Waals surface area contributed by atoms with Crippen molar-refractivity contribution >= 4 is 27.5 Å². The molecule has 0 fully saturated rings. The van der Waals surface area contributed by atoms with E-state index in [0.717, 1.165) is 17.5 Å². The van der Waals surface area contributed by atoms with Crippen LogP contribution in [0.3, 0.4) is 0 Å². The Morgan fingerprint density at radius 2 is 1.77 bits per heavy atom. The van der Waals surface area contributed by atoms with Crippen molar-refractivity contribution in [1.82, 2.24) is 0 Å². The Labute approximate surface area is 133 Å². The minimum absolute atomic E-state index is 0.0289. The quantitative estimate of drug-likeness (QED) is 0.824. The number of carbonyl (C=O) groups excluding carboxylic acids is 1. The molecule has 0 aliphatic carbocycles. The highest BCUT2D eigenvalue weighted by molar-refractivity contribution is 7.89. The summed E-state index contributed by atoms with van der Waals surface area (Å²) in [5, 5.41) is 5.05. The molecule has 2 aromatic rings. The molecule has 6 nitrogen and oxygen atoms in total. The zero-order valence-electron chi connectivity index (χ0n) is 12.0. The van der Waals surface area contributed by atoms with Gasteiger partial charge in [-0.25, -0.2) is 13.6 Å². The topological polar surface area (TPSA) is 93.1 Å². The maximum atomic E-state index is 12.3. The fourth-order valence-corrected chi connectivity index (χ4v) is 3.03. The minimum Gasteiger partial charge on any atom is -0.264 e. The SMILES string of the molecule is Cc1cccc(C)[n+]1NC(=O)c1ccc(Cl)c(S(N)(=O)=O)c1. The van der Waals surface area contributed by atoms with E-state index < -0.39 is 15.9 Å². The van der Waals surface area contributed by atoms with Crippen LogP contribution in [0.15, 0.2) is 41.3 Å². The number of halogens is 1. The number of nitrogens with zero attached hydrogens (tertiary/aromatic N) is 1. The van der Waals surface area contributed by atoms with E-state index in [1.165, 1.54) is 12.1 Å². The maximum absolute atomic E-state index is 12.3. The van der Waals surface area contributed by atoms with Crippen molar-refractivity contribution in [2.24, 2.45) is 5.14 Å². The Bertz CT molecular complexity index is 830. The lowest BCUT2D eigenvalue weighted by molar-refractivity contribution is -0.654. The number of hydrogen-bond acceptors (Lipinski definition) is 3. The van der Waals surface area contributed by atoms with Gasteiger partial charge in [0.25, 0.3) is 0 Å². The molecule has 2 rings (SSSR count). The van der Waals surface area contributed by atoms with Gasteiger partial charge in [0, 0.05) is 31.5 Å². The maximum Gasteiger partial charge on any atom is 0.305 e. The molecular formula is C14H15ClN3O3S+. The Morgan fingerprint density at radius 3 is 2.32 bits per heavy atom. The molecule has 1 aromatic carbocycles. The summed E-state index contributed by atoms with van der Waals surface area (Å²) in [6.07, 6.45) is 0. The highest BCUT2D eigenvalue weighted by atomic mass is 35.5. The highest BCUT2D eigenvalue weighted by Crippen LogP contribution is 2.21. The predicted octanol–water partition coefficient (Wildman–Crippen LogP) is 1.28. The van der Waals surface area contributed by atoms with Crippen molar-refractivity contribution in [2.75, 3.05) is 5.43 Å². The summed E-state index contributed by atoms with van der Waals surface area (Å²) < 4.78 is 24.5. The molecule has 0 aliphatic rings. The smallest absolute Gasteiger partial charge is 0.264 e. The van der Waals surface area contributed by atoms with Crippen molar-refractivity contribution in [2.45, 2.75) is 18.7 Å². The van der Waals surface area contributed by atoms with Gasteiger partial charge in [-0.3, -0.25) is 4.79 Å². The zero-order chi connectivity index (χ0) is 16.5. The van der Waals surface area contributed by atoms with Gasteiger partial charge in [0.2, 0.25) is 21.4 Å². The Kier molecular flexibility index (Phi) is 4.50. The van der Waals surface area contributed by atoms with Gasteiger partial charge < -0.3 is 0 Å². The second kappa shape index (κ2) is 6.04. The van der Waals surface area contributed by atoms with Gasteiger partial charge >= 0.3 is 5.91 Å². The lowest BCUT2D eigenvalue weighted by Crippen LogP contribution is -2.52. The number of nitrogens with two attached hydrogens (primary N) is 1. The summed E-state index contributed by atoms with van der Waals surface area (Å²) in [6, 6.07) is 9.46. The number of pyridine rings is 1. The van der Waals surface area contributed by atoms with Crippen molar-refractivity contribution in [3.8, 4) is 0 Å². The molecule has 22 heavy (non-hydrogen) atoms. The first kappa shape index (κ1) is 16.4. The first-order chi connectivity index (χ1) is 10.2. The third kappa shape index (κ3) is 3.44. The number of amides is 1. The molecule has 1 heterocycles. The second-order valence-electron chi connectivity index (χ2n) is 4.78. The largest absolute Gasteiger partial charge is 0.305 e. The molecule has 8 heteroatoms. The van der Waals surface area contributed by atoms with Gasteiger partial charge in [-0.05, 0) is 24.3 Å². The minimum atomic E-state index is -4.00. The second-order valence-corrected chi connectivity index (χ2v) is 6.71. The van der Waals surface area contributed by atoms with Crippen LogP contribution in [0.1, 0.15) is 21.7 Å². The Balaban J connectivity index is 2.39. The molecule has 0 saturated carbocycles. The van der Waals surface area contributed by atoms with Crippen molar-refractivity contribution < 1.29 is 17.9 Å². The van der Waals surface area contributed by atoms with Crippen LogP contribution in [0.25, 0.3) is 0 Å². The number of sulfonamides is 1. The molecule has 0 saturated heterocycles. The van der Waals surface area contributed by atoms with Crippen LogP contribution in [-0.2, 0) is 10.0 Å². The molecule has 1 amide bonds. The number of rotatable bonds is 3. The lowest BCUT2D eigenvalue weighted by Gasteiger charge is -2.07. The van der Waals surface area contributed by atoms with E-state index in [4.69, 9.17) is 16.7 Å². The summed E-state index contributed by atoms with van der Waals surface area (Å²) >= 11 is 5.80. The molecule has 0 atom stereocenters. The Hall–Kier alpha value is -1.96. The third-order valence-electron chi connectivity index (χ3n) is 3.09. The molecule has 0 spiro atoms. The van der Waals surface area contributed by atoms with Gasteiger partial charge in [-0.2, -0.15) is 0 Å². The predicted molar refractivity (Wildman–Crippen MR) is 82.6 cm³/mol. The summed E-state index contributed by atoms with van der Waals surface area (Å²) in [7, 11) is -4.00. The molecular weight excluding hydrogens is 326 g/mol. The van der Waals surface area contributed by atoms with E-state index in [9.17, 15) is 13.2 Å². The highest BCUT2D eigenvalue weighted by Gasteiger charge is 2.19. The van der Waals surface area contributed by atoms with Crippen molar-refractivity contribution in [3.05, 3.63) is 58.4 Å². The summed E-state index contributed by atoms with van der Waals surface area (Å²) in [4.78, 5) is 12.0. The lowest BCUT2D eigenvalue weighted by atomic mass is 10.2. The molecule has 0 radical (unpaired) electrons. The van der Waals surface area contributed by atoms with E-state index in [-0.39, 0.29) is 15.5 Å².